The van der Waals surface area contributed by atoms with Crippen LogP contribution in [-0.4, -0.2) is 57.6 Å². The standard InChI is InChI=1S/C24H21ClF2N4O2/c25-16-4-1-3-15(13-16)23(32)29-9-11-30(12-10-29)24(33)22-18-5-2-6-21(18)31(28-22)17-7-8-19(26)20(27)14-17/h1,3-4,7-8,13-14H,2,5-6,9-12H2. The van der Waals surface area contributed by atoms with Gasteiger partial charge in [-0.3, -0.25) is 9.59 Å². The number of benzene rings is 2. The Morgan fingerprint density at radius 3 is 2.30 bits per heavy atom. The highest BCUT2D eigenvalue weighted by molar-refractivity contribution is 6.30. The first-order valence-corrected chi connectivity index (χ1v) is 11.2. The van der Waals surface area contributed by atoms with E-state index in [4.69, 9.17) is 11.6 Å². The van der Waals surface area contributed by atoms with Crippen molar-refractivity contribution in [2.45, 2.75) is 19.3 Å². The average Bonchev–Trinajstić information content (AvgIpc) is 3.43. The predicted molar refractivity (Wildman–Crippen MR) is 119 cm³/mol. The van der Waals surface area contributed by atoms with E-state index in [0.717, 1.165) is 36.2 Å². The molecule has 5 rings (SSSR count). The highest BCUT2D eigenvalue weighted by Gasteiger charge is 2.32. The summed E-state index contributed by atoms with van der Waals surface area (Å²) in [5.74, 6) is -2.20. The van der Waals surface area contributed by atoms with Crippen molar-refractivity contribution in [1.82, 2.24) is 19.6 Å². The lowest BCUT2D eigenvalue weighted by Crippen LogP contribution is -2.50. The molecule has 0 unspecified atom stereocenters. The van der Waals surface area contributed by atoms with E-state index in [9.17, 15) is 18.4 Å². The van der Waals surface area contributed by atoms with Gasteiger partial charge in [0.05, 0.1) is 5.69 Å². The Labute approximate surface area is 194 Å². The van der Waals surface area contributed by atoms with Gasteiger partial charge in [0.2, 0.25) is 0 Å². The van der Waals surface area contributed by atoms with Crippen molar-refractivity contribution in [3.8, 4) is 5.69 Å². The number of rotatable bonds is 3. The molecule has 9 heteroatoms. The molecule has 6 nitrogen and oxygen atoms in total. The zero-order valence-electron chi connectivity index (χ0n) is 17.7. The first kappa shape index (κ1) is 21.6. The Morgan fingerprint density at radius 1 is 0.879 bits per heavy atom. The summed E-state index contributed by atoms with van der Waals surface area (Å²) in [6, 6.07) is 10.4. The van der Waals surface area contributed by atoms with Crippen LogP contribution in [0.3, 0.4) is 0 Å². The van der Waals surface area contributed by atoms with Gasteiger partial charge in [0.25, 0.3) is 11.8 Å². The van der Waals surface area contributed by atoms with Crippen LogP contribution in [0.4, 0.5) is 8.78 Å². The van der Waals surface area contributed by atoms with Crippen molar-refractivity contribution < 1.29 is 18.4 Å². The van der Waals surface area contributed by atoms with Crippen molar-refractivity contribution in [2.75, 3.05) is 26.2 Å². The van der Waals surface area contributed by atoms with Crippen LogP contribution >= 0.6 is 11.6 Å². The lowest BCUT2D eigenvalue weighted by Gasteiger charge is -2.34. The fraction of sp³-hybridized carbons (Fsp3) is 0.292. The molecule has 2 aromatic carbocycles. The quantitative estimate of drug-likeness (QED) is 0.583. The van der Waals surface area contributed by atoms with Gasteiger partial charge in [-0.25, -0.2) is 13.5 Å². The maximum Gasteiger partial charge on any atom is 0.274 e. The second kappa shape index (κ2) is 8.59. The van der Waals surface area contributed by atoms with Crippen molar-refractivity contribution in [3.63, 3.8) is 0 Å². The summed E-state index contributed by atoms with van der Waals surface area (Å²) < 4.78 is 28.7. The largest absolute Gasteiger partial charge is 0.335 e. The van der Waals surface area contributed by atoms with Crippen LogP contribution in [0, 0.1) is 11.6 Å². The smallest absolute Gasteiger partial charge is 0.274 e. The number of halogens is 3. The van der Waals surface area contributed by atoms with Crippen LogP contribution in [0.2, 0.25) is 5.02 Å². The molecule has 0 N–H and O–H groups in total. The fourth-order valence-corrected chi connectivity index (χ4v) is 4.70. The Morgan fingerprint density at radius 2 is 1.61 bits per heavy atom. The van der Waals surface area contributed by atoms with E-state index in [0.29, 0.717) is 54.6 Å². The van der Waals surface area contributed by atoms with Crippen LogP contribution in [0.1, 0.15) is 38.5 Å². The van der Waals surface area contributed by atoms with Crippen molar-refractivity contribution in [2.24, 2.45) is 0 Å². The number of carbonyl (C=O) groups is 2. The van der Waals surface area contributed by atoms with Gasteiger partial charge in [-0.2, -0.15) is 5.10 Å². The third-order valence-corrected chi connectivity index (χ3v) is 6.44. The molecule has 170 valence electrons. The maximum atomic E-state index is 13.8. The second-order valence-electron chi connectivity index (χ2n) is 8.23. The lowest BCUT2D eigenvalue weighted by atomic mass is 10.1. The first-order chi connectivity index (χ1) is 15.9. The first-order valence-electron chi connectivity index (χ1n) is 10.8. The summed E-state index contributed by atoms with van der Waals surface area (Å²) in [7, 11) is 0. The molecule has 0 spiro atoms. The monoisotopic (exact) mass is 470 g/mol. The molecule has 1 aliphatic heterocycles. The second-order valence-corrected chi connectivity index (χ2v) is 8.67. The van der Waals surface area contributed by atoms with E-state index in [1.54, 1.807) is 38.7 Å². The number of carbonyl (C=O) groups excluding carboxylic acids is 2. The van der Waals surface area contributed by atoms with Crippen LogP contribution in [0.5, 0.6) is 0 Å². The lowest BCUT2D eigenvalue weighted by molar-refractivity contribution is 0.0531. The van der Waals surface area contributed by atoms with Crippen molar-refractivity contribution in [3.05, 3.63) is 81.6 Å². The molecule has 1 aliphatic carbocycles. The minimum atomic E-state index is -0.955. The molecule has 1 aromatic heterocycles. The third kappa shape index (κ3) is 3.99. The Balaban J connectivity index is 1.34. The minimum absolute atomic E-state index is 0.117. The Kier molecular flexibility index (Phi) is 5.62. The van der Waals surface area contributed by atoms with Crippen LogP contribution < -0.4 is 0 Å². The summed E-state index contributed by atoms with van der Waals surface area (Å²) in [5.41, 5.74) is 2.98. The van der Waals surface area contributed by atoms with Crippen molar-refractivity contribution >= 4 is 23.4 Å². The normalized spacial score (nSPS) is 15.6. The highest BCUT2D eigenvalue weighted by atomic mass is 35.5. The van der Waals surface area contributed by atoms with E-state index in [-0.39, 0.29) is 11.8 Å². The van der Waals surface area contributed by atoms with Gasteiger partial charge in [-0.15, -0.1) is 0 Å². The predicted octanol–water partition coefficient (Wildman–Crippen LogP) is 3.89. The van der Waals surface area contributed by atoms with E-state index in [1.807, 2.05) is 0 Å². The molecule has 0 bridgehead atoms. The minimum Gasteiger partial charge on any atom is -0.335 e. The molecule has 2 heterocycles. The number of nitrogens with zero attached hydrogens (tertiary/aromatic N) is 4. The topological polar surface area (TPSA) is 58.4 Å². The SMILES string of the molecule is O=C(c1cccc(Cl)c1)N1CCN(C(=O)c2nn(-c3ccc(F)c(F)c3)c3c2CCC3)CC1. The third-order valence-electron chi connectivity index (χ3n) is 6.21. The molecule has 33 heavy (non-hydrogen) atoms. The van der Waals surface area contributed by atoms with Gasteiger partial charge in [-0.05, 0) is 49.6 Å². The zero-order chi connectivity index (χ0) is 23.1. The molecule has 0 atom stereocenters. The van der Waals surface area contributed by atoms with E-state index in [1.165, 1.54) is 6.07 Å². The Bertz CT molecular complexity index is 1250. The summed E-state index contributed by atoms with van der Waals surface area (Å²) in [5, 5.41) is 5.00. The molecule has 0 saturated carbocycles. The summed E-state index contributed by atoms with van der Waals surface area (Å²) >= 11 is 6.00. The fourth-order valence-electron chi connectivity index (χ4n) is 4.51. The molecule has 1 saturated heterocycles. The number of piperazine rings is 1. The molecule has 2 amide bonds. The van der Waals surface area contributed by atoms with Crippen molar-refractivity contribution in [1.29, 1.82) is 0 Å². The number of fused-ring (bicyclic) bond motifs is 1. The molecular formula is C24H21ClF2N4O2. The molecule has 2 aliphatic rings. The van der Waals surface area contributed by atoms with Crippen LogP contribution in [-0.2, 0) is 12.8 Å². The summed E-state index contributed by atoms with van der Waals surface area (Å²) in [6.45, 7) is 1.59. The van der Waals surface area contributed by atoms with Crippen LogP contribution in [0.15, 0.2) is 42.5 Å². The molecule has 0 radical (unpaired) electrons. The zero-order valence-corrected chi connectivity index (χ0v) is 18.5. The van der Waals surface area contributed by atoms with E-state index < -0.39 is 11.6 Å². The molecular weight excluding hydrogens is 450 g/mol. The number of hydrogen-bond acceptors (Lipinski definition) is 3. The highest BCUT2D eigenvalue weighted by Crippen LogP contribution is 2.29. The average molecular weight is 471 g/mol. The van der Waals surface area contributed by atoms with Gasteiger partial charge < -0.3 is 9.80 Å². The molecule has 1 fully saturated rings. The van der Waals surface area contributed by atoms with Crippen LogP contribution in [0.25, 0.3) is 5.69 Å². The Hall–Kier alpha value is -3.26. The van der Waals surface area contributed by atoms with Gasteiger partial charge in [0, 0.05) is 54.1 Å². The van der Waals surface area contributed by atoms with E-state index in [2.05, 4.69) is 5.10 Å². The number of amides is 2. The van der Waals surface area contributed by atoms with Gasteiger partial charge in [0.1, 0.15) is 0 Å². The van der Waals surface area contributed by atoms with E-state index >= 15 is 0 Å². The van der Waals surface area contributed by atoms with Gasteiger partial charge >= 0.3 is 0 Å². The van der Waals surface area contributed by atoms with Gasteiger partial charge in [-0.1, -0.05) is 17.7 Å². The number of hydrogen-bond donors (Lipinski definition) is 0. The number of aromatic nitrogens is 2. The molecule has 3 aromatic rings. The summed E-state index contributed by atoms with van der Waals surface area (Å²) in [6.07, 6.45) is 2.31. The van der Waals surface area contributed by atoms with Gasteiger partial charge in [0.15, 0.2) is 17.3 Å². The maximum absolute atomic E-state index is 13.8. The summed E-state index contributed by atoms with van der Waals surface area (Å²) in [4.78, 5) is 29.5.